The van der Waals surface area contributed by atoms with Gasteiger partial charge in [-0.1, -0.05) is 67.1 Å². The van der Waals surface area contributed by atoms with Gasteiger partial charge in [0.05, 0.1) is 18.2 Å². The second-order valence-electron chi connectivity index (χ2n) is 7.09. The number of carbonyl (C=O) groups is 1. The Labute approximate surface area is 170 Å². The molecule has 0 spiro atoms. The zero-order valence-electron chi connectivity index (χ0n) is 16.0. The average molecular weight is 398 g/mol. The first-order valence-corrected chi connectivity index (χ1v) is 9.58. The van der Waals surface area contributed by atoms with Gasteiger partial charge in [-0.05, 0) is 18.7 Å². The molecule has 1 unspecified atom stereocenters. The van der Waals surface area contributed by atoms with Gasteiger partial charge in [-0.2, -0.15) is 5.10 Å². The molecule has 5 nitrogen and oxygen atoms in total. The lowest BCUT2D eigenvalue weighted by atomic mass is 10.1. The van der Waals surface area contributed by atoms with Crippen LogP contribution >= 0.6 is 11.6 Å². The Morgan fingerprint density at radius 2 is 1.82 bits per heavy atom. The molecule has 3 aromatic rings. The molecule has 0 aliphatic heterocycles. The van der Waals surface area contributed by atoms with Gasteiger partial charge in [0.25, 0.3) is 0 Å². The first-order chi connectivity index (χ1) is 13.4. The van der Waals surface area contributed by atoms with E-state index in [1.807, 2.05) is 77.4 Å². The number of aromatic nitrogens is 2. The predicted octanol–water partition coefficient (Wildman–Crippen LogP) is 4.40. The Balaban J connectivity index is 1.88. The van der Waals surface area contributed by atoms with Crippen molar-refractivity contribution in [1.29, 1.82) is 0 Å². The highest BCUT2D eigenvalue weighted by atomic mass is 35.5. The maximum absolute atomic E-state index is 11.2. The van der Waals surface area contributed by atoms with Crippen molar-refractivity contribution in [1.82, 2.24) is 14.7 Å². The minimum atomic E-state index is -0.787. The van der Waals surface area contributed by atoms with Gasteiger partial charge in [0.15, 0.2) is 0 Å². The third kappa shape index (κ3) is 5.00. The first-order valence-electron chi connectivity index (χ1n) is 9.20. The van der Waals surface area contributed by atoms with Gasteiger partial charge in [0.2, 0.25) is 0 Å². The van der Waals surface area contributed by atoms with Crippen LogP contribution in [0.25, 0.3) is 11.3 Å². The molecule has 1 N–H and O–H groups in total. The van der Waals surface area contributed by atoms with Crippen LogP contribution in [-0.4, -0.2) is 39.3 Å². The molecule has 0 aliphatic rings. The molecular formula is C22H24ClN3O2. The number of carboxylic acids is 1. The molecule has 6 heteroatoms. The van der Waals surface area contributed by atoms with Crippen LogP contribution in [-0.2, 0) is 17.9 Å². The fourth-order valence-corrected chi connectivity index (χ4v) is 3.40. The van der Waals surface area contributed by atoms with Crippen LogP contribution in [0.3, 0.4) is 0 Å². The number of rotatable bonds is 8. The van der Waals surface area contributed by atoms with Gasteiger partial charge in [-0.25, -0.2) is 0 Å². The zero-order valence-corrected chi connectivity index (χ0v) is 16.8. The minimum absolute atomic E-state index is 0.427. The van der Waals surface area contributed by atoms with Crippen molar-refractivity contribution in [3.63, 3.8) is 0 Å². The fraction of sp³-hybridized carbons (Fsp3) is 0.273. The quantitative estimate of drug-likeness (QED) is 0.611. The van der Waals surface area contributed by atoms with Crippen molar-refractivity contribution in [2.75, 3.05) is 13.6 Å². The molecule has 0 saturated heterocycles. The van der Waals surface area contributed by atoms with E-state index >= 15 is 0 Å². The van der Waals surface area contributed by atoms with Crippen LogP contribution in [0.15, 0.2) is 60.8 Å². The molecule has 3 rings (SSSR count). The van der Waals surface area contributed by atoms with Crippen LogP contribution < -0.4 is 0 Å². The molecule has 2 aromatic carbocycles. The molecule has 0 fully saturated rings. The Bertz CT molecular complexity index is 940. The minimum Gasteiger partial charge on any atom is -0.481 e. The van der Waals surface area contributed by atoms with Crippen molar-refractivity contribution in [3.8, 4) is 11.3 Å². The third-order valence-electron chi connectivity index (χ3n) is 4.62. The van der Waals surface area contributed by atoms with E-state index in [9.17, 15) is 4.79 Å². The molecular weight excluding hydrogens is 374 g/mol. The molecule has 28 heavy (non-hydrogen) atoms. The third-order valence-corrected chi connectivity index (χ3v) is 4.99. The van der Waals surface area contributed by atoms with Crippen LogP contribution in [0.5, 0.6) is 0 Å². The van der Waals surface area contributed by atoms with Crippen molar-refractivity contribution in [2.45, 2.75) is 20.0 Å². The molecule has 1 heterocycles. The van der Waals surface area contributed by atoms with Crippen LogP contribution in [0.2, 0.25) is 5.02 Å². The fourth-order valence-electron chi connectivity index (χ4n) is 3.20. The Morgan fingerprint density at radius 3 is 2.50 bits per heavy atom. The molecule has 146 valence electrons. The molecule has 0 saturated carbocycles. The standard InChI is InChI=1S/C22H24ClN3O2/c1-16(22(27)28)12-25(2)13-19-15-26(14-18-10-6-7-11-20(18)23)24-21(19)17-8-4-3-5-9-17/h3-11,15-16H,12-14H2,1-2H3,(H,27,28). The zero-order chi connectivity index (χ0) is 20.1. The van der Waals surface area contributed by atoms with Gasteiger partial charge in [-0.15, -0.1) is 0 Å². The van der Waals surface area contributed by atoms with Crippen molar-refractivity contribution in [3.05, 3.63) is 76.9 Å². The normalized spacial score (nSPS) is 12.3. The number of aliphatic carboxylic acids is 1. The highest BCUT2D eigenvalue weighted by Crippen LogP contribution is 2.24. The Hall–Kier alpha value is -2.63. The molecule has 1 atom stereocenters. The summed E-state index contributed by atoms with van der Waals surface area (Å²) in [5.74, 6) is -1.21. The maximum atomic E-state index is 11.2. The average Bonchev–Trinajstić information content (AvgIpc) is 3.06. The molecule has 0 aliphatic carbocycles. The highest BCUT2D eigenvalue weighted by Gasteiger charge is 2.17. The highest BCUT2D eigenvalue weighted by molar-refractivity contribution is 6.31. The lowest BCUT2D eigenvalue weighted by molar-refractivity contribution is -0.141. The number of halogens is 1. The van der Waals surface area contributed by atoms with E-state index < -0.39 is 11.9 Å². The van der Waals surface area contributed by atoms with E-state index in [-0.39, 0.29) is 0 Å². The summed E-state index contributed by atoms with van der Waals surface area (Å²) in [7, 11) is 1.93. The molecule has 0 amide bonds. The van der Waals surface area contributed by atoms with Crippen molar-refractivity contribution < 1.29 is 9.90 Å². The van der Waals surface area contributed by atoms with Gasteiger partial charge in [-0.3, -0.25) is 9.48 Å². The molecule has 0 bridgehead atoms. The van der Waals surface area contributed by atoms with E-state index in [1.165, 1.54) is 0 Å². The topological polar surface area (TPSA) is 58.4 Å². The molecule has 0 radical (unpaired) electrons. The number of benzene rings is 2. The lowest BCUT2D eigenvalue weighted by Crippen LogP contribution is -2.28. The summed E-state index contributed by atoms with van der Waals surface area (Å²) in [6, 6.07) is 17.8. The Kier molecular flexibility index (Phi) is 6.49. The van der Waals surface area contributed by atoms with E-state index in [0.29, 0.717) is 24.7 Å². The van der Waals surface area contributed by atoms with Gasteiger partial charge in [0, 0.05) is 35.4 Å². The lowest BCUT2D eigenvalue weighted by Gasteiger charge is -2.18. The summed E-state index contributed by atoms with van der Waals surface area (Å²) in [6.07, 6.45) is 2.02. The van der Waals surface area contributed by atoms with E-state index in [0.717, 1.165) is 22.4 Å². The number of hydrogen-bond donors (Lipinski definition) is 1. The van der Waals surface area contributed by atoms with Crippen LogP contribution in [0.4, 0.5) is 0 Å². The summed E-state index contributed by atoms with van der Waals surface area (Å²) in [5.41, 5.74) is 4.00. The van der Waals surface area contributed by atoms with E-state index in [4.69, 9.17) is 21.8 Å². The molecule has 1 aromatic heterocycles. The van der Waals surface area contributed by atoms with Gasteiger partial charge in [0.1, 0.15) is 0 Å². The summed E-state index contributed by atoms with van der Waals surface area (Å²) >= 11 is 6.30. The van der Waals surface area contributed by atoms with E-state index in [1.54, 1.807) is 6.92 Å². The SMILES string of the molecule is CC(CN(C)Cc1cn(Cc2ccccc2Cl)nc1-c1ccccc1)C(=O)O. The monoisotopic (exact) mass is 397 g/mol. The summed E-state index contributed by atoms with van der Waals surface area (Å²) < 4.78 is 1.90. The van der Waals surface area contributed by atoms with E-state index in [2.05, 4.69) is 0 Å². The largest absolute Gasteiger partial charge is 0.481 e. The second-order valence-corrected chi connectivity index (χ2v) is 7.50. The van der Waals surface area contributed by atoms with Crippen molar-refractivity contribution in [2.24, 2.45) is 5.92 Å². The summed E-state index contributed by atoms with van der Waals surface area (Å²) in [4.78, 5) is 13.2. The summed E-state index contributed by atoms with van der Waals surface area (Å²) in [5, 5.41) is 14.7. The number of nitrogens with zero attached hydrogens (tertiary/aromatic N) is 3. The number of hydrogen-bond acceptors (Lipinski definition) is 3. The Morgan fingerprint density at radius 1 is 1.14 bits per heavy atom. The smallest absolute Gasteiger partial charge is 0.307 e. The maximum Gasteiger partial charge on any atom is 0.307 e. The van der Waals surface area contributed by atoms with Crippen LogP contribution in [0, 0.1) is 5.92 Å². The predicted molar refractivity (Wildman–Crippen MR) is 111 cm³/mol. The van der Waals surface area contributed by atoms with Gasteiger partial charge < -0.3 is 10.0 Å². The summed E-state index contributed by atoms with van der Waals surface area (Å²) in [6.45, 7) is 3.39. The second kappa shape index (κ2) is 9.04. The number of carboxylic acid groups (broad SMARTS) is 1. The first kappa shape index (κ1) is 20.1. The van der Waals surface area contributed by atoms with Gasteiger partial charge >= 0.3 is 5.97 Å². The van der Waals surface area contributed by atoms with Crippen LogP contribution in [0.1, 0.15) is 18.1 Å². The van der Waals surface area contributed by atoms with Crippen molar-refractivity contribution >= 4 is 17.6 Å².